The SMILES string of the molecule is COc1ccc(N(C(=O)C(C)Sc2nc(OC)ccc2[N+](=O)[O-])S(C)(=O)=O)c(OC)n1. The van der Waals surface area contributed by atoms with Crippen LogP contribution < -0.4 is 18.5 Å². The van der Waals surface area contributed by atoms with E-state index >= 15 is 0 Å². The van der Waals surface area contributed by atoms with Gasteiger partial charge in [-0.25, -0.2) is 12.7 Å². The molecule has 2 heterocycles. The molecule has 0 radical (unpaired) electrons. The largest absolute Gasteiger partial charge is 0.481 e. The summed E-state index contributed by atoms with van der Waals surface area (Å²) in [6.45, 7) is 1.40. The van der Waals surface area contributed by atoms with Gasteiger partial charge in [-0.2, -0.15) is 9.97 Å². The number of thioether (sulfide) groups is 1. The zero-order valence-corrected chi connectivity index (χ0v) is 18.9. The molecule has 2 aromatic heterocycles. The summed E-state index contributed by atoms with van der Waals surface area (Å²) >= 11 is 0.722. The Labute approximate surface area is 182 Å². The van der Waals surface area contributed by atoms with E-state index in [4.69, 9.17) is 14.2 Å². The van der Waals surface area contributed by atoms with E-state index in [0.717, 1.165) is 18.0 Å². The van der Waals surface area contributed by atoms with Gasteiger partial charge in [-0.05, 0) is 13.0 Å². The summed E-state index contributed by atoms with van der Waals surface area (Å²) in [6.07, 6.45) is 0.845. The smallest absolute Gasteiger partial charge is 0.301 e. The number of amides is 1. The van der Waals surface area contributed by atoms with E-state index in [9.17, 15) is 23.3 Å². The number of carbonyl (C=O) groups is 1. The molecule has 0 aliphatic carbocycles. The maximum Gasteiger partial charge on any atom is 0.301 e. The maximum atomic E-state index is 13.1. The molecule has 1 amide bonds. The predicted molar refractivity (Wildman–Crippen MR) is 112 cm³/mol. The number of sulfonamides is 1. The van der Waals surface area contributed by atoms with Gasteiger partial charge in [0, 0.05) is 18.2 Å². The first-order valence-corrected chi connectivity index (χ1v) is 11.3. The van der Waals surface area contributed by atoms with Crippen LogP contribution in [0.5, 0.6) is 17.6 Å². The number of rotatable bonds is 9. The maximum absolute atomic E-state index is 13.1. The van der Waals surface area contributed by atoms with Crippen molar-refractivity contribution >= 4 is 39.1 Å². The molecule has 168 valence electrons. The highest BCUT2D eigenvalue weighted by atomic mass is 32.2. The summed E-state index contributed by atoms with van der Waals surface area (Å²) in [5.41, 5.74) is -0.476. The Kier molecular flexibility index (Phi) is 7.62. The Balaban J connectivity index is 2.48. The summed E-state index contributed by atoms with van der Waals surface area (Å²) in [6, 6.07) is 5.18. The van der Waals surface area contributed by atoms with Crippen LogP contribution in [0.2, 0.25) is 0 Å². The Hall–Kier alpha value is -3.13. The lowest BCUT2D eigenvalue weighted by atomic mass is 10.3. The topological polar surface area (TPSA) is 151 Å². The summed E-state index contributed by atoms with van der Waals surface area (Å²) in [5, 5.41) is 10.1. The first-order valence-electron chi connectivity index (χ1n) is 8.52. The van der Waals surface area contributed by atoms with Crippen molar-refractivity contribution in [3.05, 3.63) is 34.4 Å². The number of pyridine rings is 2. The van der Waals surface area contributed by atoms with Gasteiger partial charge in [0.25, 0.3) is 5.91 Å². The number of nitro groups is 1. The fraction of sp³-hybridized carbons (Fsp3) is 0.353. The number of carbonyl (C=O) groups excluding carboxylic acids is 1. The van der Waals surface area contributed by atoms with Crippen LogP contribution in [0.15, 0.2) is 29.3 Å². The molecule has 0 fully saturated rings. The van der Waals surface area contributed by atoms with Gasteiger partial charge in [-0.15, -0.1) is 0 Å². The molecule has 0 aromatic carbocycles. The summed E-state index contributed by atoms with van der Waals surface area (Å²) in [4.78, 5) is 31.8. The number of anilines is 1. The minimum atomic E-state index is -4.12. The highest BCUT2D eigenvalue weighted by Crippen LogP contribution is 2.36. The van der Waals surface area contributed by atoms with E-state index < -0.39 is 26.1 Å². The van der Waals surface area contributed by atoms with Crippen molar-refractivity contribution in [2.24, 2.45) is 0 Å². The highest BCUT2D eigenvalue weighted by molar-refractivity contribution is 8.01. The Morgan fingerprint density at radius 2 is 1.68 bits per heavy atom. The molecular weight excluding hydrogens is 452 g/mol. The Morgan fingerprint density at radius 3 is 2.19 bits per heavy atom. The molecule has 2 aromatic rings. The van der Waals surface area contributed by atoms with Crippen molar-refractivity contribution in [1.29, 1.82) is 0 Å². The van der Waals surface area contributed by atoms with Crippen molar-refractivity contribution in [2.45, 2.75) is 17.2 Å². The van der Waals surface area contributed by atoms with Crippen molar-refractivity contribution in [3.63, 3.8) is 0 Å². The van der Waals surface area contributed by atoms with Crippen LogP contribution in [0.4, 0.5) is 11.4 Å². The van der Waals surface area contributed by atoms with Crippen LogP contribution >= 0.6 is 11.8 Å². The number of hydrogen-bond acceptors (Lipinski definition) is 11. The van der Waals surface area contributed by atoms with Gasteiger partial charge in [0.05, 0.1) is 37.8 Å². The van der Waals surface area contributed by atoms with Crippen LogP contribution in [0.1, 0.15) is 6.92 Å². The fourth-order valence-corrected chi connectivity index (χ4v) is 4.43. The minimum absolute atomic E-state index is 0.0986. The van der Waals surface area contributed by atoms with Crippen molar-refractivity contribution < 1.29 is 32.3 Å². The molecule has 12 nitrogen and oxygen atoms in total. The van der Waals surface area contributed by atoms with E-state index in [0.29, 0.717) is 4.31 Å². The van der Waals surface area contributed by atoms with Crippen LogP contribution in [-0.4, -0.2) is 62.1 Å². The fourth-order valence-electron chi connectivity index (χ4n) is 2.43. The zero-order valence-electron chi connectivity index (χ0n) is 17.3. The lowest BCUT2D eigenvalue weighted by Gasteiger charge is -2.24. The van der Waals surface area contributed by atoms with Crippen LogP contribution in [0.3, 0.4) is 0 Å². The molecule has 1 unspecified atom stereocenters. The third-order valence-electron chi connectivity index (χ3n) is 3.82. The number of nitrogens with zero attached hydrogens (tertiary/aromatic N) is 4. The molecule has 31 heavy (non-hydrogen) atoms. The molecule has 0 N–H and O–H groups in total. The van der Waals surface area contributed by atoms with Crippen LogP contribution in [0, 0.1) is 10.1 Å². The van der Waals surface area contributed by atoms with E-state index in [1.807, 2.05) is 0 Å². The van der Waals surface area contributed by atoms with Crippen LogP contribution in [-0.2, 0) is 14.8 Å². The van der Waals surface area contributed by atoms with E-state index in [1.54, 1.807) is 0 Å². The van der Waals surface area contributed by atoms with Gasteiger partial charge in [-0.3, -0.25) is 14.9 Å². The Bertz CT molecular complexity index is 1090. The molecule has 0 saturated heterocycles. The standard InChI is InChI=1S/C17H20N4O8S2/c1-10(30-16-12(21(23)24)7-9-14(19-16)28-3)17(22)20(31(5,25)26)11-6-8-13(27-2)18-15(11)29-4/h6-10H,1-5H3. The third-order valence-corrected chi connectivity index (χ3v) is 5.94. The van der Waals surface area contributed by atoms with E-state index in [2.05, 4.69) is 9.97 Å². The molecule has 2 rings (SSSR count). The summed E-state index contributed by atoms with van der Waals surface area (Å²) in [5.74, 6) is -0.772. The van der Waals surface area contributed by atoms with Gasteiger partial charge < -0.3 is 14.2 Å². The molecule has 0 saturated carbocycles. The van der Waals surface area contributed by atoms with Gasteiger partial charge in [0.2, 0.25) is 27.7 Å². The van der Waals surface area contributed by atoms with Gasteiger partial charge >= 0.3 is 5.69 Å². The van der Waals surface area contributed by atoms with Crippen molar-refractivity contribution in [2.75, 3.05) is 31.9 Å². The molecule has 0 bridgehead atoms. The second kappa shape index (κ2) is 9.78. The molecule has 1 atom stereocenters. The first-order chi connectivity index (χ1) is 14.5. The highest BCUT2D eigenvalue weighted by Gasteiger charge is 2.34. The number of methoxy groups -OCH3 is 3. The second-order valence-electron chi connectivity index (χ2n) is 5.94. The minimum Gasteiger partial charge on any atom is -0.481 e. The summed E-state index contributed by atoms with van der Waals surface area (Å²) < 4.78 is 40.5. The number of aromatic nitrogens is 2. The van der Waals surface area contributed by atoms with E-state index in [1.165, 1.54) is 52.5 Å². The molecular formula is C17H20N4O8S2. The summed E-state index contributed by atoms with van der Waals surface area (Å²) in [7, 11) is -0.146. The second-order valence-corrected chi connectivity index (χ2v) is 9.10. The lowest BCUT2D eigenvalue weighted by Crippen LogP contribution is -2.41. The quantitative estimate of drug-likeness (QED) is 0.299. The van der Waals surface area contributed by atoms with Gasteiger partial charge in [-0.1, -0.05) is 11.8 Å². The Morgan fingerprint density at radius 1 is 1.10 bits per heavy atom. The number of ether oxygens (including phenoxy) is 3. The first kappa shape index (κ1) is 24.1. The average molecular weight is 473 g/mol. The van der Waals surface area contributed by atoms with Crippen LogP contribution in [0.25, 0.3) is 0 Å². The molecule has 14 heteroatoms. The molecule has 0 aliphatic heterocycles. The van der Waals surface area contributed by atoms with Gasteiger partial charge in [0.15, 0.2) is 5.03 Å². The van der Waals surface area contributed by atoms with Crippen molar-refractivity contribution in [3.8, 4) is 17.6 Å². The monoisotopic (exact) mass is 472 g/mol. The predicted octanol–water partition coefficient (Wildman–Crippen LogP) is 1.88. The lowest BCUT2D eigenvalue weighted by molar-refractivity contribution is -0.388. The molecule has 0 aliphatic rings. The zero-order chi connectivity index (χ0) is 23.3. The van der Waals surface area contributed by atoms with E-state index in [-0.39, 0.29) is 34.0 Å². The third kappa shape index (κ3) is 5.52. The normalized spacial score (nSPS) is 12.0. The van der Waals surface area contributed by atoms with Crippen molar-refractivity contribution in [1.82, 2.24) is 9.97 Å². The average Bonchev–Trinajstić information content (AvgIpc) is 2.72. The molecule has 0 spiro atoms. The van der Waals surface area contributed by atoms with Gasteiger partial charge in [0.1, 0.15) is 5.69 Å². The number of hydrogen-bond donors (Lipinski definition) is 0.